The maximum atomic E-state index is 13.3. The van der Waals surface area contributed by atoms with Gasteiger partial charge in [0.1, 0.15) is 5.82 Å². The summed E-state index contributed by atoms with van der Waals surface area (Å²) in [6.45, 7) is 1.09. The molecule has 0 heterocycles. The zero-order chi connectivity index (χ0) is 11.8. The molecule has 16 heavy (non-hydrogen) atoms. The fourth-order valence-corrected chi connectivity index (χ4v) is 1.15. The SMILES string of the molecule is N#Cc1ccc(NCCOCCO)c(F)c1. The summed E-state index contributed by atoms with van der Waals surface area (Å²) in [5.74, 6) is -0.457. The van der Waals surface area contributed by atoms with Gasteiger partial charge in [0.15, 0.2) is 0 Å². The molecule has 0 aliphatic carbocycles. The standard InChI is InChI=1S/C11H13FN2O2/c12-10-7-9(8-13)1-2-11(10)14-3-5-16-6-4-15/h1-2,7,14-15H,3-6H2. The number of aliphatic hydroxyl groups excluding tert-OH is 1. The van der Waals surface area contributed by atoms with Crippen LogP contribution in [-0.2, 0) is 4.74 Å². The summed E-state index contributed by atoms with van der Waals surface area (Å²) in [7, 11) is 0. The van der Waals surface area contributed by atoms with Crippen LogP contribution in [0.25, 0.3) is 0 Å². The maximum Gasteiger partial charge on any atom is 0.147 e. The van der Waals surface area contributed by atoms with E-state index in [9.17, 15) is 4.39 Å². The lowest BCUT2D eigenvalue weighted by Gasteiger charge is -2.07. The highest BCUT2D eigenvalue weighted by molar-refractivity contribution is 5.48. The minimum absolute atomic E-state index is 0.0226. The van der Waals surface area contributed by atoms with E-state index in [-0.39, 0.29) is 13.2 Å². The zero-order valence-corrected chi connectivity index (χ0v) is 8.74. The first-order valence-corrected chi connectivity index (χ1v) is 4.90. The molecule has 0 radical (unpaired) electrons. The smallest absolute Gasteiger partial charge is 0.147 e. The second-order valence-electron chi connectivity index (χ2n) is 3.07. The van der Waals surface area contributed by atoms with Crippen molar-refractivity contribution in [1.82, 2.24) is 0 Å². The molecule has 0 amide bonds. The lowest BCUT2D eigenvalue weighted by Crippen LogP contribution is -2.12. The molecule has 1 aromatic rings. The van der Waals surface area contributed by atoms with Gasteiger partial charge in [-0.05, 0) is 18.2 Å². The monoisotopic (exact) mass is 224 g/mol. The number of ether oxygens (including phenoxy) is 1. The quantitative estimate of drug-likeness (QED) is 0.710. The number of rotatable bonds is 6. The average Bonchev–Trinajstić information content (AvgIpc) is 2.30. The highest BCUT2D eigenvalue weighted by Crippen LogP contribution is 2.14. The van der Waals surface area contributed by atoms with Crippen LogP contribution >= 0.6 is 0 Å². The van der Waals surface area contributed by atoms with E-state index >= 15 is 0 Å². The van der Waals surface area contributed by atoms with Gasteiger partial charge in [-0.1, -0.05) is 0 Å². The molecule has 2 N–H and O–H groups in total. The van der Waals surface area contributed by atoms with E-state index in [0.29, 0.717) is 24.4 Å². The van der Waals surface area contributed by atoms with E-state index in [0.717, 1.165) is 0 Å². The summed E-state index contributed by atoms with van der Waals surface area (Å²) in [6.07, 6.45) is 0. The molecule has 5 heteroatoms. The van der Waals surface area contributed by atoms with Crippen LogP contribution in [0.15, 0.2) is 18.2 Å². The Balaban J connectivity index is 2.40. The molecule has 0 aliphatic heterocycles. The molecule has 1 rings (SSSR count). The first-order valence-electron chi connectivity index (χ1n) is 4.90. The molecular weight excluding hydrogens is 211 g/mol. The van der Waals surface area contributed by atoms with E-state index in [1.165, 1.54) is 12.1 Å². The van der Waals surface area contributed by atoms with Crippen LogP contribution in [0.1, 0.15) is 5.56 Å². The molecule has 0 aromatic heterocycles. The molecule has 0 unspecified atom stereocenters. The van der Waals surface area contributed by atoms with Crippen molar-refractivity contribution in [1.29, 1.82) is 5.26 Å². The first-order chi connectivity index (χ1) is 7.77. The van der Waals surface area contributed by atoms with Crippen molar-refractivity contribution in [3.8, 4) is 6.07 Å². The minimum atomic E-state index is -0.457. The molecule has 0 atom stereocenters. The van der Waals surface area contributed by atoms with Crippen molar-refractivity contribution in [2.24, 2.45) is 0 Å². The lowest BCUT2D eigenvalue weighted by molar-refractivity contribution is 0.0992. The molecule has 4 nitrogen and oxygen atoms in total. The first kappa shape index (κ1) is 12.4. The van der Waals surface area contributed by atoms with Crippen LogP contribution in [0.3, 0.4) is 0 Å². The number of benzene rings is 1. The molecule has 0 saturated carbocycles. The van der Waals surface area contributed by atoms with Gasteiger partial charge in [-0.2, -0.15) is 5.26 Å². The summed E-state index contributed by atoms with van der Waals surface area (Å²) in [6, 6.07) is 6.09. The predicted octanol–water partition coefficient (Wildman–Crippen LogP) is 1.12. The lowest BCUT2D eigenvalue weighted by atomic mass is 10.2. The van der Waals surface area contributed by atoms with Crippen molar-refractivity contribution in [3.63, 3.8) is 0 Å². The summed E-state index contributed by atoms with van der Waals surface area (Å²) in [5.41, 5.74) is 0.631. The number of nitrogens with zero attached hydrogens (tertiary/aromatic N) is 1. The summed E-state index contributed by atoms with van der Waals surface area (Å²) in [4.78, 5) is 0. The van der Waals surface area contributed by atoms with Gasteiger partial charge in [0.05, 0.1) is 37.1 Å². The van der Waals surface area contributed by atoms with Gasteiger partial charge in [-0.15, -0.1) is 0 Å². The fourth-order valence-electron chi connectivity index (χ4n) is 1.15. The van der Waals surface area contributed by atoms with Gasteiger partial charge in [-0.3, -0.25) is 0 Å². The Morgan fingerprint density at radius 2 is 2.25 bits per heavy atom. The van der Waals surface area contributed by atoms with Gasteiger partial charge >= 0.3 is 0 Å². The summed E-state index contributed by atoms with van der Waals surface area (Å²) >= 11 is 0. The van der Waals surface area contributed by atoms with Gasteiger partial charge in [0, 0.05) is 6.54 Å². The molecule has 0 spiro atoms. The van der Waals surface area contributed by atoms with Gasteiger partial charge in [0.2, 0.25) is 0 Å². The number of hydrogen-bond donors (Lipinski definition) is 2. The van der Waals surface area contributed by atoms with Crippen LogP contribution in [0.5, 0.6) is 0 Å². The van der Waals surface area contributed by atoms with Gasteiger partial charge in [-0.25, -0.2) is 4.39 Å². The molecular formula is C11H13FN2O2. The fraction of sp³-hybridized carbons (Fsp3) is 0.364. The molecule has 1 aromatic carbocycles. The molecule has 0 fully saturated rings. The van der Waals surface area contributed by atoms with Crippen molar-refractivity contribution in [2.75, 3.05) is 31.7 Å². The highest BCUT2D eigenvalue weighted by Gasteiger charge is 2.02. The second kappa shape index (κ2) is 6.77. The topological polar surface area (TPSA) is 65.3 Å². The van der Waals surface area contributed by atoms with Crippen molar-refractivity contribution in [2.45, 2.75) is 0 Å². The minimum Gasteiger partial charge on any atom is -0.394 e. The second-order valence-corrected chi connectivity index (χ2v) is 3.07. The molecule has 0 aliphatic rings. The Kier molecular flexibility index (Phi) is 5.26. The number of halogens is 1. The number of anilines is 1. The normalized spacial score (nSPS) is 9.81. The van der Waals surface area contributed by atoms with Crippen molar-refractivity contribution in [3.05, 3.63) is 29.6 Å². The maximum absolute atomic E-state index is 13.3. The Hall–Kier alpha value is -1.64. The zero-order valence-electron chi connectivity index (χ0n) is 8.74. The van der Waals surface area contributed by atoms with E-state index in [1.54, 1.807) is 6.07 Å². The number of aliphatic hydroxyl groups is 1. The van der Waals surface area contributed by atoms with Crippen LogP contribution in [0.4, 0.5) is 10.1 Å². The van der Waals surface area contributed by atoms with Crippen molar-refractivity contribution < 1.29 is 14.2 Å². The van der Waals surface area contributed by atoms with Crippen LogP contribution in [0.2, 0.25) is 0 Å². The van der Waals surface area contributed by atoms with Gasteiger partial charge in [0.25, 0.3) is 0 Å². The van der Waals surface area contributed by atoms with E-state index in [2.05, 4.69) is 5.32 Å². The number of nitrogens with one attached hydrogen (secondary N) is 1. The summed E-state index contributed by atoms with van der Waals surface area (Å²) < 4.78 is 18.3. The Labute approximate surface area is 93.3 Å². The molecule has 0 saturated heterocycles. The average molecular weight is 224 g/mol. The third-order valence-electron chi connectivity index (χ3n) is 1.90. The van der Waals surface area contributed by atoms with Crippen LogP contribution in [0, 0.1) is 17.1 Å². The predicted molar refractivity (Wildman–Crippen MR) is 57.5 cm³/mol. The van der Waals surface area contributed by atoms with Crippen LogP contribution < -0.4 is 5.32 Å². The van der Waals surface area contributed by atoms with E-state index in [4.69, 9.17) is 15.1 Å². The van der Waals surface area contributed by atoms with Crippen LogP contribution in [-0.4, -0.2) is 31.5 Å². The highest BCUT2D eigenvalue weighted by atomic mass is 19.1. The molecule has 0 bridgehead atoms. The van der Waals surface area contributed by atoms with E-state index in [1.807, 2.05) is 6.07 Å². The number of nitriles is 1. The largest absolute Gasteiger partial charge is 0.394 e. The van der Waals surface area contributed by atoms with Gasteiger partial charge < -0.3 is 15.2 Å². The third-order valence-corrected chi connectivity index (χ3v) is 1.90. The Bertz CT molecular complexity index is 377. The van der Waals surface area contributed by atoms with E-state index < -0.39 is 5.82 Å². The third kappa shape index (κ3) is 3.85. The number of hydrogen-bond acceptors (Lipinski definition) is 4. The Morgan fingerprint density at radius 1 is 1.44 bits per heavy atom. The summed E-state index contributed by atoms with van der Waals surface area (Å²) in [5, 5.41) is 19.8. The molecule has 86 valence electrons. The van der Waals surface area contributed by atoms with Crippen molar-refractivity contribution >= 4 is 5.69 Å². The Morgan fingerprint density at radius 3 is 2.88 bits per heavy atom.